The van der Waals surface area contributed by atoms with Crippen LogP contribution in [-0.2, 0) is 7.05 Å². The fourth-order valence-corrected chi connectivity index (χ4v) is 4.37. The van der Waals surface area contributed by atoms with Gasteiger partial charge in [0.25, 0.3) is 5.56 Å². The van der Waals surface area contributed by atoms with Crippen LogP contribution < -0.4 is 15.6 Å². The molecule has 1 aromatic carbocycles. The molecule has 0 spiro atoms. The molecule has 0 saturated carbocycles. The minimum atomic E-state index is -0.448. The van der Waals surface area contributed by atoms with Gasteiger partial charge >= 0.3 is 0 Å². The second-order valence-electron chi connectivity index (χ2n) is 10.00. The molecule has 1 unspecified atom stereocenters. The molecule has 0 bridgehead atoms. The lowest BCUT2D eigenvalue weighted by molar-refractivity contribution is 0.252. The number of anilines is 2. The number of aliphatic hydroxyl groups is 1. The average molecular weight is 562 g/mol. The number of nitrogens with one attached hydrogen (secondary N) is 2. The normalized spacial score (nSPS) is 12.3. The number of aliphatic hydroxyl groups excluding tert-OH is 1. The van der Waals surface area contributed by atoms with E-state index in [1.165, 1.54) is 10.7 Å². The first-order valence-corrected chi connectivity index (χ1v) is 13.2. The lowest BCUT2D eigenvalue weighted by Gasteiger charge is -2.12. The summed E-state index contributed by atoms with van der Waals surface area (Å²) in [7, 11) is 5.46. The minimum Gasteiger partial charge on any atom is -0.489 e. The molecule has 5 rings (SSSR count). The van der Waals surface area contributed by atoms with E-state index in [0.717, 1.165) is 0 Å². The van der Waals surface area contributed by atoms with E-state index < -0.39 is 5.82 Å². The number of H-pyrrole nitrogens is 1. The molecule has 0 amide bonds. The molecule has 41 heavy (non-hydrogen) atoms. The van der Waals surface area contributed by atoms with Gasteiger partial charge in [-0.05, 0) is 44.8 Å². The average Bonchev–Trinajstić information content (AvgIpc) is 3.49. The first-order chi connectivity index (χ1) is 19.7. The van der Waals surface area contributed by atoms with E-state index >= 15 is 0 Å². The van der Waals surface area contributed by atoms with E-state index in [-0.39, 0.29) is 29.7 Å². The highest BCUT2D eigenvalue weighted by molar-refractivity contribution is 5.78. The quantitative estimate of drug-likeness (QED) is 0.222. The zero-order chi connectivity index (χ0) is 29.1. The molecule has 0 aliphatic carbocycles. The first kappa shape index (κ1) is 27.9. The summed E-state index contributed by atoms with van der Waals surface area (Å²) in [5.41, 5.74) is 2.13. The van der Waals surface area contributed by atoms with E-state index in [2.05, 4.69) is 25.4 Å². The largest absolute Gasteiger partial charge is 0.489 e. The zero-order valence-corrected chi connectivity index (χ0v) is 23.3. The summed E-state index contributed by atoms with van der Waals surface area (Å²) >= 11 is 0. The molecule has 0 aliphatic heterocycles. The van der Waals surface area contributed by atoms with E-state index in [4.69, 9.17) is 9.72 Å². The molecule has 214 valence electrons. The summed E-state index contributed by atoms with van der Waals surface area (Å²) < 4.78 is 23.5. The summed E-state index contributed by atoms with van der Waals surface area (Å²) in [6, 6.07) is 6.36. The number of ether oxygens (including phenoxy) is 1. The molecule has 0 radical (unpaired) electrons. The Morgan fingerprint density at radius 1 is 1.20 bits per heavy atom. The maximum absolute atomic E-state index is 14.5. The second kappa shape index (κ2) is 11.9. The van der Waals surface area contributed by atoms with Crippen LogP contribution in [0.4, 0.5) is 16.0 Å². The van der Waals surface area contributed by atoms with Crippen molar-refractivity contribution < 1.29 is 14.2 Å². The number of nitrogens with zero attached hydrogens (tertiary/aromatic N) is 7. The van der Waals surface area contributed by atoms with Gasteiger partial charge in [-0.2, -0.15) is 0 Å². The Morgan fingerprint density at radius 3 is 2.76 bits per heavy atom. The smallest absolute Gasteiger partial charge is 0.277 e. The monoisotopic (exact) mass is 561 g/mol. The fourth-order valence-electron chi connectivity index (χ4n) is 4.37. The maximum Gasteiger partial charge on any atom is 0.277 e. The predicted octanol–water partition coefficient (Wildman–Crippen LogP) is 3.19. The van der Waals surface area contributed by atoms with Crippen molar-refractivity contribution in [3.63, 3.8) is 0 Å². The van der Waals surface area contributed by atoms with Gasteiger partial charge in [0.1, 0.15) is 29.6 Å². The summed E-state index contributed by atoms with van der Waals surface area (Å²) in [6.07, 6.45) is 7.10. The van der Waals surface area contributed by atoms with Crippen LogP contribution in [0.3, 0.4) is 0 Å². The first-order valence-electron chi connectivity index (χ1n) is 13.2. The molecule has 0 saturated heterocycles. The molecule has 13 heteroatoms. The van der Waals surface area contributed by atoms with Crippen molar-refractivity contribution in [1.29, 1.82) is 0 Å². The van der Waals surface area contributed by atoms with Gasteiger partial charge in [-0.25, -0.2) is 24.3 Å². The van der Waals surface area contributed by atoms with Crippen molar-refractivity contribution in [2.24, 2.45) is 7.05 Å². The molecule has 0 aliphatic rings. The van der Waals surface area contributed by atoms with Gasteiger partial charge in [-0.3, -0.25) is 13.9 Å². The number of likely N-dealkylation sites (N-methyl/N-ethyl adjacent to an activating group) is 1. The third-order valence-electron chi connectivity index (χ3n) is 6.65. The third kappa shape index (κ3) is 5.95. The minimum absolute atomic E-state index is 0.00431. The van der Waals surface area contributed by atoms with Crippen LogP contribution >= 0.6 is 0 Å². The van der Waals surface area contributed by atoms with Crippen molar-refractivity contribution in [2.45, 2.75) is 19.3 Å². The second-order valence-corrected chi connectivity index (χ2v) is 10.00. The van der Waals surface area contributed by atoms with Gasteiger partial charge in [0.2, 0.25) is 0 Å². The topological polar surface area (TPSA) is 138 Å². The van der Waals surface area contributed by atoms with Crippen molar-refractivity contribution in [3.05, 3.63) is 71.0 Å². The molecule has 3 N–H and O–H groups in total. The SMILES string of the molecule is CC(CCO)c1nc(-c2ccc(F)c(OCCN(C)C)c2)c2cnc(Nc3ccnc(-c4c[nH]n(C)c4=O)n3)cn12. The van der Waals surface area contributed by atoms with Crippen molar-refractivity contribution >= 4 is 17.2 Å². The fraction of sp³-hybridized carbons (Fsp3) is 0.321. The number of aromatic nitrogens is 7. The molecular weight excluding hydrogens is 529 g/mol. The predicted molar refractivity (Wildman–Crippen MR) is 153 cm³/mol. The number of rotatable bonds is 11. The standard InChI is InChI=1S/C28H32FN9O3/c1-17(8-11-39)27-35-25(18-5-6-20(29)22(13-18)41-12-10-36(2)3)21-15-31-24(16-38(21)27)33-23-7-9-30-26(34-23)19-14-32-37(4)28(19)40/h5-7,9,13-17,32,39H,8,10-12H2,1-4H3,(H,30,33,34). The highest BCUT2D eigenvalue weighted by Gasteiger charge is 2.20. The summed E-state index contributed by atoms with van der Waals surface area (Å²) in [4.78, 5) is 32.5. The highest BCUT2D eigenvalue weighted by atomic mass is 19.1. The van der Waals surface area contributed by atoms with Crippen LogP contribution in [0.2, 0.25) is 0 Å². The van der Waals surface area contributed by atoms with Gasteiger partial charge < -0.3 is 25.2 Å². The molecule has 4 aromatic heterocycles. The number of hydrogen-bond acceptors (Lipinski definition) is 9. The molecule has 5 aromatic rings. The number of fused-ring (bicyclic) bond motifs is 1. The van der Waals surface area contributed by atoms with E-state index in [1.54, 1.807) is 50.0 Å². The molecule has 1 atom stereocenters. The zero-order valence-electron chi connectivity index (χ0n) is 23.3. The van der Waals surface area contributed by atoms with Crippen LogP contribution in [0.25, 0.3) is 28.2 Å². The van der Waals surface area contributed by atoms with Gasteiger partial charge in [0.15, 0.2) is 17.4 Å². The Labute approximate surface area is 235 Å². The Hall–Kier alpha value is -4.62. The lowest BCUT2D eigenvalue weighted by atomic mass is 10.1. The number of imidazole rings is 1. The third-order valence-corrected chi connectivity index (χ3v) is 6.65. The van der Waals surface area contributed by atoms with Gasteiger partial charge in [-0.1, -0.05) is 6.92 Å². The lowest BCUT2D eigenvalue weighted by Crippen LogP contribution is -2.19. The van der Waals surface area contributed by atoms with Crippen molar-refractivity contribution in [3.8, 4) is 28.4 Å². The van der Waals surface area contributed by atoms with Crippen LogP contribution in [0, 0.1) is 5.82 Å². The van der Waals surface area contributed by atoms with E-state index in [1.807, 2.05) is 30.3 Å². The highest BCUT2D eigenvalue weighted by Crippen LogP contribution is 2.32. The number of aryl methyl sites for hydroxylation is 1. The number of aromatic amines is 1. The van der Waals surface area contributed by atoms with Crippen LogP contribution in [0.5, 0.6) is 5.75 Å². The summed E-state index contributed by atoms with van der Waals surface area (Å²) in [5.74, 6) is 1.55. The number of hydrogen-bond donors (Lipinski definition) is 3. The van der Waals surface area contributed by atoms with Gasteiger partial charge in [0.05, 0.1) is 23.6 Å². The summed E-state index contributed by atoms with van der Waals surface area (Å²) in [5, 5.41) is 15.6. The van der Waals surface area contributed by atoms with Gasteiger partial charge in [-0.15, -0.1) is 0 Å². The Bertz CT molecular complexity index is 1730. The Kier molecular flexibility index (Phi) is 8.08. The molecule has 4 heterocycles. The number of benzene rings is 1. The van der Waals surface area contributed by atoms with Gasteiger partial charge in [0, 0.05) is 44.1 Å². The van der Waals surface area contributed by atoms with Crippen molar-refractivity contribution in [2.75, 3.05) is 39.2 Å². The van der Waals surface area contributed by atoms with E-state index in [9.17, 15) is 14.3 Å². The molecule has 12 nitrogen and oxygen atoms in total. The Balaban J connectivity index is 1.51. The Morgan fingerprint density at radius 2 is 2.02 bits per heavy atom. The van der Waals surface area contributed by atoms with E-state index in [0.29, 0.717) is 59.4 Å². The van der Waals surface area contributed by atoms with Crippen LogP contribution in [0.1, 0.15) is 25.1 Å². The number of halogens is 1. The summed E-state index contributed by atoms with van der Waals surface area (Å²) in [6.45, 7) is 2.98. The maximum atomic E-state index is 14.5. The van der Waals surface area contributed by atoms with Crippen molar-refractivity contribution in [1.82, 2.24) is 39.0 Å². The molecular formula is C28H32FN9O3. The van der Waals surface area contributed by atoms with Crippen LogP contribution in [0.15, 0.2) is 53.8 Å². The molecule has 0 fully saturated rings. The van der Waals surface area contributed by atoms with Crippen LogP contribution in [-0.4, -0.2) is 78.0 Å².